The Balaban J connectivity index is 1.97. The number of anilines is 1. The number of aromatic nitrogens is 1. The van der Waals surface area contributed by atoms with E-state index >= 15 is 0 Å². The Morgan fingerprint density at radius 1 is 1.33 bits per heavy atom. The minimum absolute atomic E-state index is 0.804. The standard InChI is InChI=1S/C11H11N3S/c1-9-2-4-10(5-3-9)8-13-14-11-12-6-7-15-11/h2-8H,1H3,(H,12,14). The zero-order valence-electron chi connectivity index (χ0n) is 8.34. The Bertz CT molecular complexity index is 431. The van der Waals surface area contributed by atoms with Crippen molar-refractivity contribution in [2.75, 3.05) is 5.43 Å². The lowest BCUT2D eigenvalue weighted by atomic mass is 10.2. The van der Waals surface area contributed by atoms with E-state index < -0.39 is 0 Å². The highest BCUT2D eigenvalue weighted by Gasteiger charge is 1.89. The summed E-state index contributed by atoms with van der Waals surface area (Å²) in [6.45, 7) is 2.06. The summed E-state index contributed by atoms with van der Waals surface area (Å²) in [6, 6.07) is 8.18. The maximum Gasteiger partial charge on any atom is 0.203 e. The van der Waals surface area contributed by atoms with Gasteiger partial charge in [0.15, 0.2) is 0 Å². The molecular weight excluding hydrogens is 206 g/mol. The van der Waals surface area contributed by atoms with Crippen LogP contribution in [0.1, 0.15) is 11.1 Å². The Morgan fingerprint density at radius 3 is 2.80 bits per heavy atom. The topological polar surface area (TPSA) is 37.3 Å². The molecule has 0 spiro atoms. The zero-order chi connectivity index (χ0) is 10.5. The second kappa shape index (κ2) is 4.70. The quantitative estimate of drug-likeness (QED) is 0.634. The van der Waals surface area contributed by atoms with Gasteiger partial charge in [0.25, 0.3) is 0 Å². The molecule has 0 fully saturated rings. The molecule has 2 rings (SSSR count). The first-order valence-electron chi connectivity index (χ1n) is 4.60. The van der Waals surface area contributed by atoms with Crippen LogP contribution in [-0.2, 0) is 0 Å². The summed E-state index contributed by atoms with van der Waals surface area (Å²) in [5.41, 5.74) is 5.19. The van der Waals surface area contributed by atoms with Gasteiger partial charge >= 0.3 is 0 Å². The molecule has 15 heavy (non-hydrogen) atoms. The number of hydrogen-bond donors (Lipinski definition) is 1. The Morgan fingerprint density at radius 2 is 2.13 bits per heavy atom. The Hall–Kier alpha value is -1.68. The van der Waals surface area contributed by atoms with Crippen molar-refractivity contribution in [3.63, 3.8) is 0 Å². The van der Waals surface area contributed by atoms with Gasteiger partial charge in [-0.2, -0.15) is 5.10 Å². The molecule has 1 N–H and O–H groups in total. The number of hydrazone groups is 1. The molecule has 0 saturated heterocycles. The van der Waals surface area contributed by atoms with E-state index in [2.05, 4.69) is 34.6 Å². The van der Waals surface area contributed by atoms with Crippen molar-refractivity contribution < 1.29 is 0 Å². The second-order valence-corrected chi connectivity index (χ2v) is 4.01. The van der Waals surface area contributed by atoms with E-state index in [-0.39, 0.29) is 0 Å². The minimum atomic E-state index is 0.804. The van der Waals surface area contributed by atoms with E-state index in [1.165, 1.54) is 16.9 Å². The van der Waals surface area contributed by atoms with E-state index in [0.29, 0.717) is 0 Å². The molecule has 0 aliphatic rings. The van der Waals surface area contributed by atoms with E-state index in [9.17, 15) is 0 Å². The normalized spacial score (nSPS) is 10.7. The van der Waals surface area contributed by atoms with E-state index in [1.807, 2.05) is 17.5 Å². The van der Waals surface area contributed by atoms with Gasteiger partial charge in [-0.25, -0.2) is 4.98 Å². The predicted molar refractivity (Wildman–Crippen MR) is 64.5 cm³/mol. The number of nitrogens with zero attached hydrogens (tertiary/aromatic N) is 2. The number of nitrogens with one attached hydrogen (secondary N) is 1. The second-order valence-electron chi connectivity index (χ2n) is 3.12. The van der Waals surface area contributed by atoms with E-state index in [4.69, 9.17) is 0 Å². The average Bonchev–Trinajstić information content (AvgIpc) is 2.74. The predicted octanol–water partition coefficient (Wildman–Crippen LogP) is 2.90. The molecule has 0 bridgehead atoms. The van der Waals surface area contributed by atoms with Crippen molar-refractivity contribution >= 4 is 22.7 Å². The SMILES string of the molecule is Cc1ccc(C=NNc2nccs2)cc1. The summed E-state index contributed by atoms with van der Waals surface area (Å²) in [7, 11) is 0. The third-order valence-electron chi connectivity index (χ3n) is 1.88. The van der Waals surface area contributed by atoms with Gasteiger partial charge in [0.05, 0.1) is 6.21 Å². The van der Waals surface area contributed by atoms with Crippen molar-refractivity contribution in [1.82, 2.24) is 4.98 Å². The molecule has 1 heterocycles. The number of rotatable bonds is 3. The van der Waals surface area contributed by atoms with Crippen molar-refractivity contribution in [1.29, 1.82) is 0 Å². The van der Waals surface area contributed by atoms with E-state index in [0.717, 1.165) is 10.7 Å². The Kier molecular flexibility index (Phi) is 3.09. The van der Waals surface area contributed by atoms with E-state index in [1.54, 1.807) is 12.4 Å². The average molecular weight is 217 g/mol. The van der Waals surface area contributed by atoms with Gasteiger partial charge in [-0.1, -0.05) is 29.8 Å². The highest BCUT2D eigenvalue weighted by Crippen LogP contribution is 2.09. The summed E-state index contributed by atoms with van der Waals surface area (Å²) < 4.78 is 0. The third kappa shape index (κ3) is 2.89. The fourth-order valence-electron chi connectivity index (χ4n) is 1.09. The van der Waals surface area contributed by atoms with Crippen molar-refractivity contribution in [3.05, 3.63) is 47.0 Å². The smallest absolute Gasteiger partial charge is 0.203 e. The summed E-state index contributed by atoms with van der Waals surface area (Å²) in [5, 5.41) is 6.80. The number of thiazole rings is 1. The molecule has 0 unspecified atom stereocenters. The monoisotopic (exact) mass is 217 g/mol. The van der Waals surface area contributed by atoms with Crippen LogP contribution in [0.2, 0.25) is 0 Å². The van der Waals surface area contributed by atoms with Gasteiger partial charge in [0.2, 0.25) is 5.13 Å². The van der Waals surface area contributed by atoms with Crippen molar-refractivity contribution in [2.24, 2.45) is 5.10 Å². The number of aryl methyl sites for hydroxylation is 1. The highest BCUT2D eigenvalue weighted by atomic mass is 32.1. The van der Waals surface area contributed by atoms with Crippen LogP contribution in [0, 0.1) is 6.92 Å². The molecule has 2 aromatic rings. The molecule has 76 valence electrons. The molecule has 1 aromatic heterocycles. The summed E-state index contributed by atoms with van der Waals surface area (Å²) in [5.74, 6) is 0. The summed E-state index contributed by atoms with van der Waals surface area (Å²) in [6.07, 6.45) is 3.52. The van der Waals surface area contributed by atoms with Gasteiger partial charge in [0.1, 0.15) is 0 Å². The number of benzene rings is 1. The largest absolute Gasteiger partial charge is 0.253 e. The summed E-state index contributed by atoms with van der Waals surface area (Å²) >= 11 is 1.52. The molecule has 0 radical (unpaired) electrons. The van der Waals surface area contributed by atoms with Crippen LogP contribution in [0.4, 0.5) is 5.13 Å². The fraction of sp³-hybridized carbons (Fsp3) is 0.0909. The molecule has 0 aliphatic carbocycles. The third-order valence-corrected chi connectivity index (χ3v) is 2.56. The van der Waals surface area contributed by atoms with Crippen LogP contribution in [0.25, 0.3) is 0 Å². The lowest BCUT2D eigenvalue weighted by molar-refractivity contribution is 1.29. The maximum absolute atomic E-state index is 4.09. The van der Waals surface area contributed by atoms with Crippen LogP contribution in [0.5, 0.6) is 0 Å². The van der Waals surface area contributed by atoms with Crippen LogP contribution >= 0.6 is 11.3 Å². The summed E-state index contributed by atoms with van der Waals surface area (Å²) in [4.78, 5) is 4.06. The number of hydrogen-bond acceptors (Lipinski definition) is 4. The molecule has 0 aliphatic heterocycles. The molecular formula is C11H11N3S. The minimum Gasteiger partial charge on any atom is -0.253 e. The van der Waals surface area contributed by atoms with Gasteiger partial charge in [-0.3, -0.25) is 5.43 Å². The van der Waals surface area contributed by atoms with Crippen LogP contribution in [-0.4, -0.2) is 11.2 Å². The first-order chi connectivity index (χ1) is 7.34. The molecule has 0 atom stereocenters. The van der Waals surface area contributed by atoms with Gasteiger partial charge in [-0.15, -0.1) is 11.3 Å². The molecule has 3 nitrogen and oxygen atoms in total. The molecule has 0 amide bonds. The van der Waals surface area contributed by atoms with Crippen molar-refractivity contribution in [2.45, 2.75) is 6.92 Å². The fourth-order valence-corrected chi connectivity index (χ4v) is 1.57. The lowest BCUT2D eigenvalue weighted by Crippen LogP contribution is -1.89. The van der Waals surface area contributed by atoms with Gasteiger partial charge in [-0.05, 0) is 12.5 Å². The van der Waals surface area contributed by atoms with Gasteiger partial charge < -0.3 is 0 Å². The lowest BCUT2D eigenvalue weighted by Gasteiger charge is -1.95. The van der Waals surface area contributed by atoms with Crippen LogP contribution in [0.15, 0.2) is 40.9 Å². The molecule has 1 aromatic carbocycles. The van der Waals surface area contributed by atoms with Crippen LogP contribution < -0.4 is 5.43 Å². The van der Waals surface area contributed by atoms with Gasteiger partial charge in [0, 0.05) is 11.6 Å². The van der Waals surface area contributed by atoms with Crippen LogP contribution in [0.3, 0.4) is 0 Å². The first-order valence-corrected chi connectivity index (χ1v) is 5.48. The molecule has 4 heteroatoms. The first kappa shape index (κ1) is 9.86. The zero-order valence-corrected chi connectivity index (χ0v) is 9.16. The highest BCUT2D eigenvalue weighted by molar-refractivity contribution is 7.13. The molecule has 0 saturated carbocycles. The maximum atomic E-state index is 4.09. The van der Waals surface area contributed by atoms with Crippen molar-refractivity contribution in [3.8, 4) is 0 Å². The Labute approximate surface area is 92.5 Å².